The molecule has 0 saturated carbocycles. The Morgan fingerprint density at radius 3 is 1.91 bits per heavy atom. The molecule has 0 heterocycles. The minimum atomic E-state index is -0.981. The maximum atomic E-state index is 10.4. The molecule has 2 aromatic carbocycles. The second-order valence-electron chi connectivity index (χ2n) is 3.85. The first-order valence-corrected chi connectivity index (χ1v) is 6.09. The van der Waals surface area contributed by atoms with Gasteiger partial charge in [0.2, 0.25) is 0 Å². The van der Waals surface area contributed by atoms with Crippen LogP contribution in [0, 0.1) is 10.1 Å². The number of hydrogen-bond donors (Lipinski definition) is 1. The van der Waals surface area contributed by atoms with Crippen molar-refractivity contribution in [3.63, 3.8) is 0 Å². The highest BCUT2D eigenvalue weighted by Crippen LogP contribution is 2.20. The van der Waals surface area contributed by atoms with Gasteiger partial charge < -0.3 is 5.11 Å². The van der Waals surface area contributed by atoms with E-state index < -0.39 is 10.9 Å². The molecule has 1 N–H and O–H groups in total. The van der Waals surface area contributed by atoms with Crippen LogP contribution in [0.5, 0.6) is 0 Å². The van der Waals surface area contributed by atoms with Gasteiger partial charge in [0.25, 0.3) is 5.69 Å². The highest BCUT2D eigenvalue weighted by atomic mass is 16.6. The minimum Gasteiger partial charge on any atom is -0.478 e. The number of carbonyl (C=O) groups is 1. The third-order valence-corrected chi connectivity index (χ3v) is 2.27. The fourth-order valence-electron chi connectivity index (χ4n) is 1.25. The molecule has 0 aromatic heterocycles. The van der Waals surface area contributed by atoms with Crippen LogP contribution in [-0.4, -0.2) is 16.0 Å². The van der Waals surface area contributed by atoms with E-state index in [1.165, 1.54) is 12.1 Å². The molecule has 2 rings (SSSR count). The summed E-state index contributed by atoms with van der Waals surface area (Å²) in [6.45, 7) is 2.96. The Morgan fingerprint density at radius 2 is 1.50 bits per heavy atom. The smallest absolute Gasteiger partial charge is 0.327 e. The topological polar surface area (TPSA) is 105 Å². The number of nitro benzene ring substituents is 1. The van der Waals surface area contributed by atoms with Gasteiger partial charge in [0, 0.05) is 18.2 Å². The number of non-ortho nitro benzene ring substituents is 1. The van der Waals surface area contributed by atoms with Crippen LogP contribution in [0.4, 0.5) is 17.1 Å². The highest BCUT2D eigenvalue weighted by molar-refractivity contribution is 5.78. The van der Waals surface area contributed by atoms with Gasteiger partial charge in [-0.2, -0.15) is 10.2 Å². The number of benzene rings is 2. The first kappa shape index (κ1) is 16.7. The van der Waals surface area contributed by atoms with Crippen molar-refractivity contribution in [2.75, 3.05) is 0 Å². The van der Waals surface area contributed by atoms with Crippen LogP contribution in [0.2, 0.25) is 0 Å². The summed E-state index contributed by atoms with van der Waals surface area (Å²) in [7, 11) is 0. The Morgan fingerprint density at radius 1 is 1.05 bits per heavy atom. The van der Waals surface area contributed by atoms with Crippen molar-refractivity contribution >= 4 is 23.0 Å². The van der Waals surface area contributed by atoms with Crippen molar-refractivity contribution in [2.24, 2.45) is 10.2 Å². The first-order valence-electron chi connectivity index (χ1n) is 6.09. The molecule has 0 aliphatic heterocycles. The van der Waals surface area contributed by atoms with E-state index in [0.29, 0.717) is 5.69 Å². The van der Waals surface area contributed by atoms with Crippen LogP contribution in [0.1, 0.15) is 0 Å². The van der Waals surface area contributed by atoms with E-state index in [2.05, 4.69) is 16.8 Å². The molecule has 0 saturated heterocycles. The standard InChI is InChI=1S/C12H9N3O2.C3H4O2/c16-15(17)12-8-6-11(7-9-12)14-13-10-4-2-1-3-5-10;1-2-3(4)5/h1-9H;2H,1H2,(H,4,5). The average Bonchev–Trinajstić information content (AvgIpc) is 2.55. The molecule has 0 radical (unpaired) electrons. The van der Waals surface area contributed by atoms with Gasteiger partial charge in [0.15, 0.2) is 0 Å². The minimum absolute atomic E-state index is 0.0451. The zero-order chi connectivity index (χ0) is 16.4. The summed E-state index contributed by atoms with van der Waals surface area (Å²) in [6, 6.07) is 15.2. The van der Waals surface area contributed by atoms with Gasteiger partial charge in [-0.05, 0) is 24.3 Å². The molecule has 0 amide bonds. The normalized spacial score (nSPS) is 9.64. The summed E-state index contributed by atoms with van der Waals surface area (Å²) in [5.74, 6) is -0.981. The van der Waals surface area contributed by atoms with Crippen molar-refractivity contribution in [3.05, 3.63) is 77.4 Å². The Balaban J connectivity index is 0.000000422. The third kappa shape index (κ3) is 6.20. The second kappa shape index (κ2) is 8.75. The van der Waals surface area contributed by atoms with Gasteiger partial charge in [-0.1, -0.05) is 24.8 Å². The molecule has 0 aliphatic rings. The summed E-state index contributed by atoms with van der Waals surface area (Å²) in [5.41, 5.74) is 1.37. The molecule has 112 valence electrons. The van der Waals surface area contributed by atoms with Crippen molar-refractivity contribution < 1.29 is 14.8 Å². The Labute approximate surface area is 126 Å². The number of carboxylic acid groups (broad SMARTS) is 1. The van der Waals surface area contributed by atoms with Gasteiger partial charge in [-0.25, -0.2) is 4.79 Å². The van der Waals surface area contributed by atoms with Gasteiger partial charge in [0.1, 0.15) is 0 Å². The van der Waals surface area contributed by atoms with Crippen LogP contribution >= 0.6 is 0 Å². The zero-order valence-corrected chi connectivity index (χ0v) is 11.5. The van der Waals surface area contributed by atoms with Crippen LogP contribution in [0.15, 0.2) is 77.5 Å². The van der Waals surface area contributed by atoms with Crippen LogP contribution < -0.4 is 0 Å². The summed E-state index contributed by atoms with van der Waals surface area (Å²) in [6.07, 6.45) is 0.833. The van der Waals surface area contributed by atoms with Crippen molar-refractivity contribution in [3.8, 4) is 0 Å². The number of aliphatic carboxylic acids is 1. The Bertz CT molecular complexity index is 667. The predicted octanol–water partition coefficient (Wildman–Crippen LogP) is 4.27. The quantitative estimate of drug-likeness (QED) is 0.394. The molecular formula is C15H13N3O4. The monoisotopic (exact) mass is 299 g/mol. The SMILES string of the molecule is C=CC(=O)O.O=[N+]([O-])c1ccc(N=Nc2ccccc2)cc1. The highest BCUT2D eigenvalue weighted by Gasteiger charge is 2.02. The lowest BCUT2D eigenvalue weighted by Crippen LogP contribution is -1.85. The lowest BCUT2D eigenvalue weighted by atomic mass is 10.3. The number of rotatable bonds is 4. The number of nitrogens with zero attached hydrogens (tertiary/aromatic N) is 3. The molecule has 0 unspecified atom stereocenters. The fraction of sp³-hybridized carbons (Fsp3) is 0. The van der Waals surface area contributed by atoms with E-state index in [1.54, 1.807) is 12.1 Å². The Hall–Kier alpha value is -3.35. The van der Waals surface area contributed by atoms with E-state index in [-0.39, 0.29) is 5.69 Å². The van der Waals surface area contributed by atoms with E-state index in [0.717, 1.165) is 11.8 Å². The van der Waals surface area contributed by atoms with Gasteiger partial charge in [0.05, 0.1) is 16.3 Å². The maximum absolute atomic E-state index is 10.4. The van der Waals surface area contributed by atoms with Crippen molar-refractivity contribution in [2.45, 2.75) is 0 Å². The average molecular weight is 299 g/mol. The summed E-state index contributed by atoms with van der Waals surface area (Å²) >= 11 is 0. The summed E-state index contributed by atoms with van der Waals surface area (Å²) in [5, 5.41) is 26.0. The molecule has 22 heavy (non-hydrogen) atoms. The van der Waals surface area contributed by atoms with Crippen LogP contribution in [0.25, 0.3) is 0 Å². The molecule has 0 aliphatic carbocycles. The number of carboxylic acids is 1. The molecule has 0 bridgehead atoms. The molecule has 7 heteroatoms. The number of nitro groups is 1. The van der Waals surface area contributed by atoms with E-state index in [4.69, 9.17) is 5.11 Å². The van der Waals surface area contributed by atoms with Gasteiger partial charge in [-0.3, -0.25) is 10.1 Å². The number of azo groups is 1. The van der Waals surface area contributed by atoms with E-state index in [9.17, 15) is 14.9 Å². The Kier molecular flexibility index (Phi) is 6.64. The lowest BCUT2D eigenvalue weighted by Gasteiger charge is -1.93. The molecule has 0 fully saturated rings. The fourth-order valence-corrected chi connectivity index (χ4v) is 1.25. The van der Waals surface area contributed by atoms with E-state index in [1.807, 2.05) is 30.3 Å². The third-order valence-electron chi connectivity index (χ3n) is 2.27. The maximum Gasteiger partial charge on any atom is 0.327 e. The first-order chi connectivity index (χ1) is 10.5. The molecule has 7 nitrogen and oxygen atoms in total. The molecular weight excluding hydrogens is 286 g/mol. The van der Waals surface area contributed by atoms with Gasteiger partial charge >= 0.3 is 5.97 Å². The van der Waals surface area contributed by atoms with Gasteiger partial charge in [-0.15, -0.1) is 0 Å². The number of hydrogen-bond acceptors (Lipinski definition) is 5. The molecule has 0 atom stereocenters. The zero-order valence-electron chi connectivity index (χ0n) is 11.5. The van der Waals surface area contributed by atoms with E-state index >= 15 is 0 Å². The molecule has 2 aromatic rings. The molecule has 0 spiro atoms. The lowest BCUT2D eigenvalue weighted by molar-refractivity contribution is -0.384. The van der Waals surface area contributed by atoms with Crippen molar-refractivity contribution in [1.82, 2.24) is 0 Å². The predicted molar refractivity (Wildman–Crippen MR) is 81.5 cm³/mol. The second-order valence-corrected chi connectivity index (χ2v) is 3.85. The van der Waals surface area contributed by atoms with Crippen LogP contribution in [-0.2, 0) is 4.79 Å². The van der Waals surface area contributed by atoms with Crippen molar-refractivity contribution in [1.29, 1.82) is 0 Å². The summed E-state index contributed by atoms with van der Waals surface area (Å²) < 4.78 is 0. The van der Waals surface area contributed by atoms with Crippen LogP contribution in [0.3, 0.4) is 0 Å². The summed E-state index contributed by atoms with van der Waals surface area (Å²) in [4.78, 5) is 19.2. The largest absolute Gasteiger partial charge is 0.478 e.